The number of nitrogens with zero attached hydrogens (tertiary/aromatic N) is 1. The van der Waals surface area contributed by atoms with Crippen LogP contribution in [0.4, 0.5) is 17.3 Å². The number of benzene rings is 1. The molecule has 3 nitrogen and oxygen atoms in total. The first-order chi connectivity index (χ1) is 9.60. The van der Waals surface area contributed by atoms with Gasteiger partial charge in [-0.05, 0) is 53.3 Å². The van der Waals surface area contributed by atoms with E-state index in [2.05, 4.69) is 45.1 Å². The van der Waals surface area contributed by atoms with Gasteiger partial charge in [0.1, 0.15) is 5.82 Å². The summed E-state index contributed by atoms with van der Waals surface area (Å²) in [5.41, 5.74) is 0.940. The minimum Gasteiger partial charge on any atom is -0.369 e. The molecule has 0 aliphatic heterocycles. The Morgan fingerprint density at radius 2 is 1.90 bits per heavy atom. The van der Waals surface area contributed by atoms with E-state index in [4.69, 9.17) is 23.2 Å². The van der Waals surface area contributed by atoms with Crippen molar-refractivity contribution in [1.29, 1.82) is 0 Å². The second-order valence-electron chi connectivity index (χ2n) is 4.21. The fourth-order valence-corrected chi connectivity index (χ4v) is 2.64. The van der Waals surface area contributed by atoms with Crippen LogP contribution in [-0.2, 0) is 0 Å². The van der Waals surface area contributed by atoms with Crippen LogP contribution in [0.5, 0.6) is 0 Å². The zero-order valence-corrected chi connectivity index (χ0v) is 14.6. The first kappa shape index (κ1) is 15.7. The number of aromatic nitrogens is 1. The van der Waals surface area contributed by atoms with Gasteiger partial charge in [0, 0.05) is 15.8 Å². The highest BCUT2D eigenvalue weighted by molar-refractivity contribution is 14.1. The first-order valence-corrected chi connectivity index (χ1v) is 8.06. The van der Waals surface area contributed by atoms with E-state index in [0.717, 1.165) is 22.2 Å². The smallest absolute Gasteiger partial charge is 0.151 e. The van der Waals surface area contributed by atoms with E-state index in [1.807, 2.05) is 24.3 Å². The van der Waals surface area contributed by atoms with Gasteiger partial charge in [-0.15, -0.1) is 0 Å². The van der Waals surface area contributed by atoms with Crippen LogP contribution in [0.3, 0.4) is 0 Å². The monoisotopic (exact) mass is 421 g/mol. The molecule has 0 saturated carbocycles. The average Bonchev–Trinajstić information content (AvgIpc) is 2.40. The minimum absolute atomic E-state index is 0.496. The molecular formula is C14H14Cl2IN3. The van der Waals surface area contributed by atoms with E-state index in [0.29, 0.717) is 21.7 Å². The molecule has 2 rings (SSSR count). The molecule has 0 radical (unpaired) electrons. The van der Waals surface area contributed by atoms with Crippen molar-refractivity contribution in [2.75, 3.05) is 17.2 Å². The second kappa shape index (κ2) is 7.33. The molecule has 2 N–H and O–H groups in total. The van der Waals surface area contributed by atoms with E-state index in [-0.39, 0.29) is 0 Å². The van der Waals surface area contributed by atoms with Crippen molar-refractivity contribution in [3.8, 4) is 0 Å². The summed E-state index contributed by atoms with van der Waals surface area (Å²) in [6.45, 7) is 2.90. The van der Waals surface area contributed by atoms with Crippen LogP contribution < -0.4 is 10.6 Å². The first-order valence-electron chi connectivity index (χ1n) is 6.22. The largest absolute Gasteiger partial charge is 0.369 e. The number of hydrogen-bond acceptors (Lipinski definition) is 3. The van der Waals surface area contributed by atoms with Gasteiger partial charge in [0.25, 0.3) is 0 Å². The van der Waals surface area contributed by atoms with Crippen LogP contribution in [0.15, 0.2) is 30.3 Å². The van der Waals surface area contributed by atoms with Crippen molar-refractivity contribution >= 4 is 63.1 Å². The number of halogens is 3. The van der Waals surface area contributed by atoms with Gasteiger partial charge in [-0.3, -0.25) is 0 Å². The molecule has 0 atom stereocenters. The molecule has 0 fully saturated rings. The molecule has 106 valence electrons. The van der Waals surface area contributed by atoms with Gasteiger partial charge in [0.05, 0.1) is 10.0 Å². The van der Waals surface area contributed by atoms with Gasteiger partial charge < -0.3 is 10.6 Å². The summed E-state index contributed by atoms with van der Waals surface area (Å²) in [7, 11) is 0. The number of nitrogens with one attached hydrogen (secondary N) is 2. The lowest BCUT2D eigenvalue weighted by Crippen LogP contribution is -2.05. The normalized spacial score (nSPS) is 10.4. The summed E-state index contributed by atoms with van der Waals surface area (Å²) in [6, 6.07) is 9.69. The molecule has 0 saturated heterocycles. The maximum atomic E-state index is 6.19. The predicted octanol–water partition coefficient (Wildman–Crippen LogP) is 5.56. The van der Waals surface area contributed by atoms with Gasteiger partial charge in [-0.25, -0.2) is 4.98 Å². The highest BCUT2D eigenvalue weighted by atomic mass is 127. The van der Waals surface area contributed by atoms with E-state index in [9.17, 15) is 0 Å². The molecule has 0 spiro atoms. The van der Waals surface area contributed by atoms with Crippen molar-refractivity contribution in [1.82, 2.24) is 4.98 Å². The molecule has 0 bridgehead atoms. The Morgan fingerprint density at radius 1 is 1.15 bits per heavy atom. The zero-order chi connectivity index (χ0) is 14.5. The van der Waals surface area contributed by atoms with Gasteiger partial charge in [0.2, 0.25) is 0 Å². The van der Waals surface area contributed by atoms with Gasteiger partial charge >= 0.3 is 0 Å². The van der Waals surface area contributed by atoms with Crippen LogP contribution in [0.25, 0.3) is 0 Å². The molecular weight excluding hydrogens is 408 g/mol. The molecule has 1 aromatic heterocycles. The maximum Gasteiger partial charge on any atom is 0.151 e. The Bertz CT molecular complexity index is 605. The van der Waals surface area contributed by atoms with Gasteiger partial charge in [-0.1, -0.05) is 36.2 Å². The highest BCUT2D eigenvalue weighted by Gasteiger charge is 2.09. The Labute approximate surface area is 142 Å². The number of pyridine rings is 1. The lowest BCUT2D eigenvalue weighted by atomic mass is 10.3. The van der Waals surface area contributed by atoms with Crippen molar-refractivity contribution in [3.05, 3.63) is 43.9 Å². The maximum absolute atomic E-state index is 6.19. The molecule has 0 aliphatic rings. The van der Waals surface area contributed by atoms with Crippen LogP contribution in [0.2, 0.25) is 10.0 Å². The summed E-state index contributed by atoms with van der Waals surface area (Å²) in [5.74, 6) is 1.24. The lowest BCUT2D eigenvalue weighted by Gasteiger charge is -2.12. The zero-order valence-electron chi connectivity index (χ0n) is 10.9. The van der Waals surface area contributed by atoms with E-state index >= 15 is 0 Å². The van der Waals surface area contributed by atoms with Crippen LogP contribution in [0, 0.1) is 3.57 Å². The summed E-state index contributed by atoms with van der Waals surface area (Å²) in [4.78, 5) is 4.45. The summed E-state index contributed by atoms with van der Waals surface area (Å²) in [5, 5.41) is 7.42. The Morgan fingerprint density at radius 3 is 2.60 bits per heavy atom. The summed E-state index contributed by atoms with van der Waals surface area (Å²) >= 11 is 14.6. The third-order valence-corrected chi connectivity index (χ3v) is 3.81. The number of rotatable bonds is 5. The average molecular weight is 422 g/mol. The fourth-order valence-electron chi connectivity index (χ4n) is 1.62. The van der Waals surface area contributed by atoms with Crippen molar-refractivity contribution in [2.45, 2.75) is 13.3 Å². The van der Waals surface area contributed by atoms with Crippen LogP contribution >= 0.6 is 45.8 Å². The van der Waals surface area contributed by atoms with Gasteiger partial charge in [0.15, 0.2) is 5.82 Å². The highest BCUT2D eigenvalue weighted by Crippen LogP contribution is 2.31. The summed E-state index contributed by atoms with van der Waals surface area (Å²) < 4.78 is 1.14. The quantitative estimate of drug-likeness (QED) is 0.620. The molecule has 2 aromatic rings. The predicted molar refractivity (Wildman–Crippen MR) is 95.5 cm³/mol. The fraction of sp³-hybridized carbons (Fsp3) is 0.214. The lowest BCUT2D eigenvalue weighted by molar-refractivity contribution is 0.970. The molecule has 1 heterocycles. The molecule has 0 aliphatic carbocycles. The third kappa shape index (κ3) is 4.14. The third-order valence-electron chi connectivity index (χ3n) is 2.56. The van der Waals surface area contributed by atoms with Crippen molar-refractivity contribution in [2.24, 2.45) is 0 Å². The SMILES string of the molecule is CCCNc1nc(Nc2cccc(I)c2)c(Cl)cc1Cl. The molecule has 6 heteroatoms. The van der Waals surface area contributed by atoms with Crippen LogP contribution in [0.1, 0.15) is 13.3 Å². The van der Waals surface area contributed by atoms with Crippen LogP contribution in [-0.4, -0.2) is 11.5 Å². The minimum atomic E-state index is 0.496. The molecule has 20 heavy (non-hydrogen) atoms. The second-order valence-corrected chi connectivity index (χ2v) is 6.27. The van der Waals surface area contributed by atoms with Crippen molar-refractivity contribution < 1.29 is 0 Å². The topological polar surface area (TPSA) is 37.0 Å². The van der Waals surface area contributed by atoms with E-state index in [1.54, 1.807) is 6.07 Å². The van der Waals surface area contributed by atoms with E-state index < -0.39 is 0 Å². The Hall–Kier alpha value is -0.720. The van der Waals surface area contributed by atoms with Gasteiger partial charge in [-0.2, -0.15) is 0 Å². The van der Waals surface area contributed by atoms with E-state index in [1.165, 1.54) is 0 Å². The number of hydrogen-bond donors (Lipinski definition) is 2. The Balaban J connectivity index is 2.26. The molecule has 0 unspecified atom stereocenters. The summed E-state index contributed by atoms with van der Waals surface area (Å²) in [6.07, 6.45) is 1.00. The molecule has 1 aromatic carbocycles. The Kier molecular flexibility index (Phi) is 5.74. The molecule has 0 amide bonds. The standard InChI is InChI=1S/C14H14Cl2IN3/c1-2-6-18-13-11(15)8-12(16)14(20-13)19-10-5-3-4-9(17)7-10/h3-5,7-8H,2,6H2,1H3,(H2,18,19,20). The number of anilines is 3. The van der Waals surface area contributed by atoms with Crippen molar-refractivity contribution in [3.63, 3.8) is 0 Å².